The highest BCUT2D eigenvalue weighted by Gasteiger charge is 2.15. The van der Waals surface area contributed by atoms with E-state index < -0.39 is 17.5 Å². The van der Waals surface area contributed by atoms with E-state index in [9.17, 15) is 18.3 Å². The average Bonchev–Trinajstić information content (AvgIpc) is 2.66. The Morgan fingerprint density at radius 2 is 1.52 bits per heavy atom. The van der Waals surface area contributed by atoms with Crippen LogP contribution < -0.4 is 9.47 Å². The molecule has 0 aliphatic heterocycles. The van der Waals surface area contributed by atoms with Crippen molar-refractivity contribution < 1.29 is 27.8 Å². The number of aromatic hydroxyl groups is 1. The first kappa shape index (κ1) is 18.6. The highest BCUT2D eigenvalue weighted by Crippen LogP contribution is 2.30. The summed E-state index contributed by atoms with van der Waals surface area (Å²) in [5, 5.41) is 9.19. The zero-order valence-electron chi connectivity index (χ0n) is 14.5. The fraction of sp³-hybridized carbons (Fsp3) is 0.143. The maximum atomic E-state index is 14.3. The maximum Gasteiger partial charge on any atom is 0.201 e. The molecular weight excluding hydrogens is 357 g/mol. The molecule has 27 heavy (non-hydrogen) atoms. The number of rotatable bonds is 6. The topological polar surface area (TPSA) is 38.7 Å². The van der Waals surface area contributed by atoms with Gasteiger partial charge in [0.05, 0.1) is 6.61 Å². The Balaban J connectivity index is 1.74. The van der Waals surface area contributed by atoms with Crippen molar-refractivity contribution in [2.24, 2.45) is 0 Å². The van der Waals surface area contributed by atoms with Crippen LogP contribution in [0.1, 0.15) is 12.5 Å². The van der Waals surface area contributed by atoms with Gasteiger partial charge in [-0.05, 0) is 42.3 Å². The molecule has 0 aliphatic carbocycles. The molecule has 0 aromatic heterocycles. The molecule has 0 bridgehead atoms. The largest absolute Gasteiger partial charge is 0.508 e. The summed E-state index contributed by atoms with van der Waals surface area (Å²) in [4.78, 5) is 0. The fourth-order valence-electron chi connectivity index (χ4n) is 2.57. The van der Waals surface area contributed by atoms with E-state index in [4.69, 9.17) is 9.47 Å². The monoisotopic (exact) mass is 374 g/mol. The number of halogens is 3. The summed E-state index contributed by atoms with van der Waals surface area (Å²) in [5.41, 5.74) is 1.33. The van der Waals surface area contributed by atoms with Crippen LogP contribution in [-0.4, -0.2) is 11.7 Å². The molecule has 0 atom stereocenters. The van der Waals surface area contributed by atoms with Crippen LogP contribution in [0.15, 0.2) is 54.6 Å². The lowest BCUT2D eigenvalue weighted by Crippen LogP contribution is -1.99. The average molecular weight is 374 g/mol. The van der Waals surface area contributed by atoms with E-state index in [1.165, 1.54) is 24.3 Å². The standard InChI is InChI=1S/C21H17F3O3/c1-2-26-19-10-8-16(20(23)21(19)24)14-5-3-13(4-6-14)12-27-18-9-7-15(25)11-17(18)22/h3-11,25H,2,12H2,1H3. The zero-order valence-corrected chi connectivity index (χ0v) is 14.5. The van der Waals surface area contributed by atoms with E-state index in [2.05, 4.69) is 0 Å². The molecule has 3 rings (SSSR count). The third-order valence-electron chi connectivity index (χ3n) is 3.92. The predicted molar refractivity (Wildman–Crippen MR) is 95.4 cm³/mol. The minimum atomic E-state index is -1.02. The van der Waals surface area contributed by atoms with Gasteiger partial charge in [0, 0.05) is 11.6 Å². The number of ether oxygens (including phenoxy) is 2. The second-order valence-corrected chi connectivity index (χ2v) is 5.77. The second kappa shape index (κ2) is 8.03. The minimum absolute atomic E-state index is 0.0107. The molecule has 3 aromatic carbocycles. The molecule has 1 N–H and O–H groups in total. The smallest absolute Gasteiger partial charge is 0.201 e. The van der Waals surface area contributed by atoms with Crippen molar-refractivity contribution in [3.05, 3.63) is 77.6 Å². The van der Waals surface area contributed by atoms with Crippen molar-refractivity contribution in [3.63, 3.8) is 0 Å². The quantitative estimate of drug-likeness (QED) is 0.623. The van der Waals surface area contributed by atoms with Crippen molar-refractivity contribution in [3.8, 4) is 28.4 Å². The zero-order chi connectivity index (χ0) is 19.4. The SMILES string of the molecule is CCOc1ccc(-c2ccc(COc3ccc(O)cc3F)cc2)c(F)c1F. The van der Waals surface area contributed by atoms with Gasteiger partial charge in [-0.15, -0.1) is 0 Å². The highest BCUT2D eigenvalue weighted by molar-refractivity contribution is 5.65. The minimum Gasteiger partial charge on any atom is -0.508 e. The lowest BCUT2D eigenvalue weighted by Gasteiger charge is -2.10. The molecule has 0 spiro atoms. The molecule has 6 heteroatoms. The van der Waals surface area contributed by atoms with E-state index in [1.807, 2.05) is 0 Å². The van der Waals surface area contributed by atoms with Crippen LogP contribution in [0.25, 0.3) is 11.1 Å². The van der Waals surface area contributed by atoms with Gasteiger partial charge in [0.25, 0.3) is 0 Å². The molecule has 0 fully saturated rings. The van der Waals surface area contributed by atoms with E-state index in [0.717, 1.165) is 11.6 Å². The molecule has 0 aliphatic rings. The summed E-state index contributed by atoms with van der Waals surface area (Å²) >= 11 is 0. The van der Waals surface area contributed by atoms with Gasteiger partial charge in [0.15, 0.2) is 23.1 Å². The van der Waals surface area contributed by atoms with Crippen molar-refractivity contribution in [1.82, 2.24) is 0 Å². The predicted octanol–water partition coefficient (Wildman–Crippen LogP) is 5.45. The fourth-order valence-corrected chi connectivity index (χ4v) is 2.57. The Morgan fingerprint density at radius 3 is 2.19 bits per heavy atom. The Labute approximate surface area is 154 Å². The highest BCUT2D eigenvalue weighted by atomic mass is 19.2. The van der Waals surface area contributed by atoms with Gasteiger partial charge >= 0.3 is 0 Å². The summed E-state index contributed by atoms with van der Waals surface area (Å²) < 4.78 is 52.3. The van der Waals surface area contributed by atoms with Crippen LogP contribution in [0.3, 0.4) is 0 Å². The number of phenolic OH excluding ortho intramolecular Hbond substituents is 1. The van der Waals surface area contributed by atoms with Crippen LogP contribution >= 0.6 is 0 Å². The molecule has 0 unspecified atom stereocenters. The van der Waals surface area contributed by atoms with E-state index in [0.29, 0.717) is 5.56 Å². The molecular formula is C21H17F3O3. The first-order valence-electron chi connectivity index (χ1n) is 8.31. The Kier molecular flexibility index (Phi) is 5.54. The summed E-state index contributed by atoms with van der Waals surface area (Å²) in [6.07, 6.45) is 0. The van der Waals surface area contributed by atoms with Crippen LogP contribution in [0.5, 0.6) is 17.2 Å². The first-order chi connectivity index (χ1) is 13.0. The van der Waals surface area contributed by atoms with Crippen LogP contribution in [-0.2, 0) is 6.61 Å². The number of phenols is 1. The van der Waals surface area contributed by atoms with Gasteiger partial charge < -0.3 is 14.6 Å². The van der Waals surface area contributed by atoms with Gasteiger partial charge in [-0.1, -0.05) is 24.3 Å². The Hall–Kier alpha value is -3.15. The van der Waals surface area contributed by atoms with Crippen molar-refractivity contribution in [1.29, 1.82) is 0 Å². The maximum absolute atomic E-state index is 14.3. The van der Waals surface area contributed by atoms with Gasteiger partial charge in [-0.25, -0.2) is 8.78 Å². The van der Waals surface area contributed by atoms with Gasteiger partial charge in [0.2, 0.25) is 5.82 Å². The molecule has 0 amide bonds. The third-order valence-corrected chi connectivity index (χ3v) is 3.92. The first-order valence-corrected chi connectivity index (χ1v) is 8.31. The molecule has 0 heterocycles. The van der Waals surface area contributed by atoms with E-state index in [-0.39, 0.29) is 36.0 Å². The molecule has 0 radical (unpaired) electrons. The van der Waals surface area contributed by atoms with Gasteiger partial charge in [-0.2, -0.15) is 4.39 Å². The van der Waals surface area contributed by atoms with E-state index >= 15 is 0 Å². The van der Waals surface area contributed by atoms with Crippen LogP contribution in [0, 0.1) is 17.5 Å². The second-order valence-electron chi connectivity index (χ2n) is 5.77. The van der Waals surface area contributed by atoms with E-state index in [1.54, 1.807) is 31.2 Å². The van der Waals surface area contributed by atoms with Gasteiger partial charge in [-0.3, -0.25) is 0 Å². The van der Waals surface area contributed by atoms with Crippen LogP contribution in [0.4, 0.5) is 13.2 Å². The van der Waals surface area contributed by atoms with Crippen molar-refractivity contribution in [2.45, 2.75) is 13.5 Å². The molecule has 140 valence electrons. The summed E-state index contributed by atoms with van der Waals surface area (Å²) in [7, 11) is 0. The molecule has 0 saturated heterocycles. The van der Waals surface area contributed by atoms with Crippen molar-refractivity contribution in [2.75, 3.05) is 6.61 Å². The Bertz CT molecular complexity index is 940. The van der Waals surface area contributed by atoms with Crippen LogP contribution in [0.2, 0.25) is 0 Å². The number of benzene rings is 3. The normalized spacial score (nSPS) is 10.7. The molecule has 0 saturated carbocycles. The number of hydrogen-bond donors (Lipinski definition) is 1. The summed E-state index contributed by atoms with van der Waals surface area (Å²) in [5.74, 6) is -2.97. The van der Waals surface area contributed by atoms with Gasteiger partial charge in [0.1, 0.15) is 12.4 Å². The third kappa shape index (κ3) is 4.16. The lowest BCUT2D eigenvalue weighted by atomic mass is 10.0. The molecule has 3 nitrogen and oxygen atoms in total. The molecule has 3 aromatic rings. The Morgan fingerprint density at radius 1 is 0.815 bits per heavy atom. The summed E-state index contributed by atoms with van der Waals surface area (Å²) in [6, 6.07) is 13.1. The lowest BCUT2D eigenvalue weighted by molar-refractivity contribution is 0.289. The number of hydrogen-bond acceptors (Lipinski definition) is 3. The summed E-state index contributed by atoms with van der Waals surface area (Å²) in [6.45, 7) is 2.02. The van der Waals surface area contributed by atoms with Crippen molar-refractivity contribution >= 4 is 0 Å².